The Morgan fingerprint density at radius 1 is 1.14 bits per heavy atom. The Morgan fingerprint density at radius 2 is 1.90 bits per heavy atom. The third kappa shape index (κ3) is 3.14. The van der Waals surface area contributed by atoms with Gasteiger partial charge in [0.2, 0.25) is 0 Å². The zero-order valence-corrected chi connectivity index (χ0v) is 13.9. The van der Waals surface area contributed by atoms with E-state index in [1.165, 1.54) is 28.8 Å². The predicted octanol–water partition coefficient (Wildman–Crippen LogP) is 4.42. The molecule has 0 saturated heterocycles. The molecular weight excluding hydrogens is 324 g/mol. The van der Waals surface area contributed by atoms with Gasteiger partial charge in [0.05, 0.1) is 0 Å². The molecule has 0 spiro atoms. The summed E-state index contributed by atoms with van der Waals surface area (Å²) >= 11 is 3.56. The van der Waals surface area contributed by atoms with Gasteiger partial charge in [0.25, 0.3) is 0 Å². The molecule has 0 saturated carbocycles. The maximum absolute atomic E-state index is 6.18. The maximum atomic E-state index is 6.18. The predicted molar refractivity (Wildman–Crippen MR) is 92.6 cm³/mol. The molecule has 3 rings (SSSR count). The van der Waals surface area contributed by atoms with Crippen LogP contribution < -0.4 is 10.6 Å². The number of fused-ring (bicyclic) bond motifs is 1. The molecule has 21 heavy (non-hydrogen) atoms. The first-order valence-corrected chi connectivity index (χ1v) is 8.31. The molecule has 0 fully saturated rings. The lowest BCUT2D eigenvalue weighted by molar-refractivity contribution is 0.744. The smallest absolute Gasteiger partial charge is 0.0432 e. The van der Waals surface area contributed by atoms with Crippen LogP contribution in [0.2, 0.25) is 0 Å². The Kier molecular flexibility index (Phi) is 4.32. The van der Waals surface area contributed by atoms with Crippen molar-refractivity contribution in [3.63, 3.8) is 0 Å². The van der Waals surface area contributed by atoms with Crippen molar-refractivity contribution in [2.45, 2.75) is 32.4 Å². The minimum Gasteiger partial charge on any atom is -0.367 e. The van der Waals surface area contributed by atoms with E-state index in [2.05, 4.69) is 70.2 Å². The van der Waals surface area contributed by atoms with Crippen molar-refractivity contribution in [1.29, 1.82) is 0 Å². The Labute approximate surface area is 135 Å². The third-order valence-electron chi connectivity index (χ3n) is 4.17. The van der Waals surface area contributed by atoms with Crippen molar-refractivity contribution in [2.75, 3.05) is 11.4 Å². The summed E-state index contributed by atoms with van der Waals surface area (Å²) in [5, 5.41) is 0. The zero-order chi connectivity index (χ0) is 14.8. The van der Waals surface area contributed by atoms with E-state index in [-0.39, 0.29) is 6.04 Å². The molecular formula is C18H21BrN2. The normalized spacial score (nSPS) is 16.2. The minimum atomic E-state index is 0.0380. The number of anilines is 1. The van der Waals surface area contributed by atoms with E-state index < -0.39 is 0 Å². The molecule has 2 aromatic carbocycles. The first-order valence-electron chi connectivity index (χ1n) is 7.52. The SMILES string of the molecule is CC(N)c1cc(Br)ccc1N1CCCc2ccccc2C1. The standard InChI is InChI=1S/C18H21BrN2/c1-13(20)17-11-16(19)8-9-18(17)21-10-4-7-14-5-2-3-6-15(14)12-21/h2-3,5-6,8-9,11,13H,4,7,10,12,20H2,1H3. The highest BCUT2D eigenvalue weighted by molar-refractivity contribution is 9.10. The fraction of sp³-hybridized carbons (Fsp3) is 0.333. The molecule has 2 nitrogen and oxygen atoms in total. The number of halogens is 1. The van der Waals surface area contributed by atoms with Gasteiger partial charge < -0.3 is 10.6 Å². The highest BCUT2D eigenvalue weighted by Gasteiger charge is 2.18. The molecule has 0 aliphatic carbocycles. The summed E-state index contributed by atoms with van der Waals surface area (Å²) in [5.74, 6) is 0. The molecule has 2 N–H and O–H groups in total. The van der Waals surface area contributed by atoms with Gasteiger partial charge in [-0.2, -0.15) is 0 Å². The Morgan fingerprint density at radius 3 is 2.67 bits per heavy atom. The number of hydrogen-bond donors (Lipinski definition) is 1. The Balaban J connectivity index is 1.98. The minimum absolute atomic E-state index is 0.0380. The summed E-state index contributed by atoms with van der Waals surface area (Å²) in [6.45, 7) is 4.10. The molecule has 3 heteroatoms. The van der Waals surface area contributed by atoms with Crippen molar-refractivity contribution in [3.8, 4) is 0 Å². The van der Waals surface area contributed by atoms with E-state index >= 15 is 0 Å². The molecule has 110 valence electrons. The lowest BCUT2D eigenvalue weighted by Crippen LogP contribution is -2.25. The zero-order valence-electron chi connectivity index (χ0n) is 12.3. The molecule has 0 bridgehead atoms. The van der Waals surface area contributed by atoms with Crippen LogP contribution in [-0.2, 0) is 13.0 Å². The van der Waals surface area contributed by atoms with E-state index in [9.17, 15) is 0 Å². The van der Waals surface area contributed by atoms with E-state index in [4.69, 9.17) is 5.73 Å². The van der Waals surface area contributed by atoms with Gasteiger partial charge in [-0.05, 0) is 54.7 Å². The van der Waals surface area contributed by atoms with Crippen LogP contribution in [0.3, 0.4) is 0 Å². The second-order valence-electron chi connectivity index (χ2n) is 5.79. The molecule has 0 radical (unpaired) electrons. The number of benzene rings is 2. The lowest BCUT2D eigenvalue weighted by atomic mass is 10.0. The molecule has 1 atom stereocenters. The highest BCUT2D eigenvalue weighted by Crippen LogP contribution is 2.31. The molecule has 0 amide bonds. The molecule has 0 aromatic heterocycles. The van der Waals surface area contributed by atoms with Gasteiger partial charge >= 0.3 is 0 Å². The van der Waals surface area contributed by atoms with Crippen LogP contribution in [-0.4, -0.2) is 6.54 Å². The van der Waals surface area contributed by atoms with Crippen LogP contribution >= 0.6 is 15.9 Å². The number of aryl methyl sites for hydroxylation is 1. The first-order chi connectivity index (χ1) is 10.1. The van der Waals surface area contributed by atoms with Crippen LogP contribution in [0.1, 0.15) is 36.1 Å². The quantitative estimate of drug-likeness (QED) is 0.873. The summed E-state index contributed by atoms with van der Waals surface area (Å²) in [6, 6.07) is 15.3. The molecule has 1 aliphatic rings. The van der Waals surface area contributed by atoms with Crippen molar-refractivity contribution in [1.82, 2.24) is 0 Å². The number of rotatable bonds is 2. The van der Waals surface area contributed by atoms with Crippen LogP contribution in [0, 0.1) is 0 Å². The van der Waals surface area contributed by atoms with Crippen LogP contribution in [0.25, 0.3) is 0 Å². The lowest BCUT2D eigenvalue weighted by Gasteiger charge is -2.27. The van der Waals surface area contributed by atoms with Crippen molar-refractivity contribution in [3.05, 3.63) is 63.6 Å². The van der Waals surface area contributed by atoms with Gasteiger partial charge in [0, 0.05) is 29.3 Å². The van der Waals surface area contributed by atoms with Crippen LogP contribution in [0.15, 0.2) is 46.9 Å². The average molecular weight is 345 g/mol. The highest BCUT2D eigenvalue weighted by atomic mass is 79.9. The van der Waals surface area contributed by atoms with Gasteiger partial charge in [0.1, 0.15) is 0 Å². The monoisotopic (exact) mass is 344 g/mol. The topological polar surface area (TPSA) is 29.3 Å². The van der Waals surface area contributed by atoms with E-state index in [1.807, 2.05) is 0 Å². The van der Waals surface area contributed by atoms with E-state index in [0.717, 1.165) is 24.0 Å². The molecule has 1 aliphatic heterocycles. The van der Waals surface area contributed by atoms with Crippen LogP contribution in [0.4, 0.5) is 5.69 Å². The summed E-state index contributed by atoms with van der Waals surface area (Å²) in [7, 11) is 0. The first kappa shape index (κ1) is 14.6. The summed E-state index contributed by atoms with van der Waals surface area (Å²) in [6.07, 6.45) is 2.35. The van der Waals surface area contributed by atoms with E-state index in [0.29, 0.717) is 0 Å². The second kappa shape index (κ2) is 6.20. The van der Waals surface area contributed by atoms with Gasteiger partial charge in [-0.3, -0.25) is 0 Å². The summed E-state index contributed by atoms with van der Waals surface area (Å²) in [5.41, 5.74) is 11.6. The van der Waals surface area contributed by atoms with Gasteiger partial charge in [-0.1, -0.05) is 40.2 Å². The summed E-state index contributed by atoms with van der Waals surface area (Å²) in [4.78, 5) is 2.47. The maximum Gasteiger partial charge on any atom is 0.0432 e. The Hall–Kier alpha value is -1.32. The van der Waals surface area contributed by atoms with Gasteiger partial charge in [0.15, 0.2) is 0 Å². The van der Waals surface area contributed by atoms with Crippen LogP contribution in [0.5, 0.6) is 0 Å². The Bertz CT molecular complexity index is 637. The third-order valence-corrected chi connectivity index (χ3v) is 4.67. The molecule has 1 unspecified atom stereocenters. The van der Waals surface area contributed by atoms with Gasteiger partial charge in [-0.25, -0.2) is 0 Å². The molecule has 1 heterocycles. The average Bonchev–Trinajstić information content (AvgIpc) is 2.69. The fourth-order valence-electron chi connectivity index (χ4n) is 3.08. The largest absolute Gasteiger partial charge is 0.367 e. The second-order valence-corrected chi connectivity index (χ2v) is 6.70. The van der Waals surface area contributed by atoms with Gasteiger partial charge in [-0.15, -0.1) is 0 Å². The fourth-order valence-corrected chi connectivity index (χ4v) is 3.46. The van der Waals surface area contributed by atoms with Crippen molar-refractivity contribution >= 4 is 21.6 Å². The van der Waals surface area contributed by atoms with E-state index in [1.54, 1.807) is 0 Å². The number of nitrogens with zero attached hydrogens (tertiary/aromatic N) is 1. The van der Waals surface area contributed by atoms with Crippen molar-refractivity contribution in [2.24, 2.45) is 5.73 Å². The number of nitrogens with two attached hydrogens (primary N) is 1. The molecule has 2 aromatic rings. The number of hydrogen-bond acceptors (Lipinski definition) is 2. The van der Waals surface area contributed by atoms with Crippen molar-refractivity contribution < 1.29 is 0 Å². The summed E-state index contributed by atoms with van der Waals surface area (Å²) < 4.78 is 1.09.